The summed E-state index contributed by atoms with van der Waals surface area (Å²) in [6.45, 7) is 0. The second kappa shape index (κ2) is 3.75. The molecule has 0 aromatic rings. The van der Waals surface area contributed by atoms with Gasteiger partial charge in [0.15, 0.2) is 0 Å². The lowest BCUT2D eigenvalue weighted by molar-refractivity contribution is 1.03. The SMILES string of the molecule is CNSC1=CCCC=C1. The highest BCUT2D eigenvalue weighted by Crippen LogP contribution is 2.18. The molecule has 0 bridgehead atoms. The molecule has 0 atom stereocenters. The molecule has 0 radical (unpaired) electrons. The number of nitrogens with one attached hydrogen (secondary N) is 1. The van der Waals surface area contributed by atoms with Gasteiger partial charge in [0, 0.05) is 4.91 Å². The molecule has 1 aliphatic carbocycles. The Morgan fingerprint density at radius 3 is 3.00 bits per heavy atom. The highest BCUT2D eigenvalue weighted by molar-refractivity contribution is 8.01. The highest BCUT2D eigenvalue weighted by atomic mass is 32.2. The molecule has 0 saturated carbocycles. The molecule has 50 valence electrons. The smallest absolute Gasteiger partial charge is 0.0185 e. The third kappa shape index (κ3) is 2.24. The van der Waals surface area contributed by atoms with Gasteiger partial charge >= 0.3 is 0 Å². The van der Waals surface area contributed by atoms with E-state index >= 15 is 0 Å². The van der Waals surface area contributed by atoms with Gasteiger partial charge in [0.05, 0.1) is 0 Å². The average molecular weight is 141 g/mol. The van der Waals surface area contributed by atoms with E-state index in [1.54, 1.807) is 11.9 Å². The van der Waals surface area contributed by atoms with Crippen LogP contribution >= 0.6 is 11.9 Å². The molecule has 1 N–H and O–H groups in total. The molecule has 2 heteroatoms. The lowest BCUT2D eigenvalue weighted by Crippen LogP contribution is -1.92. The Bertz CT molecular complexity index is 138. The summed E-state index contributed by atoms with van der Waals surface area (Å²) in [7, 11) is 1.94. The fourth-order valence-corrected chi connectivity index (χ4v) is 1.38. The fourth-order valence-electron chi connectivity index (χ4n) is 0.783. The summed E-state index contributed by atoms with van der Waals surface area (Å²) < 4.78 is 3.03. The Hall–Kier alpha value is -0.210. The number of hydrogen-bond donors (Lipinski definition) is 1. The Labute approximate surface area is 60.4 Å². The molecule has 0 spiro atoms. The molecule has 0 saturated heterocycles. The summed E-state index contributed by atoms with van der Waals surface area (Å²) in [5, 5.41) is 0. The van der Waals surface area contributed by atoms with Gasteiger partial charge in [0.1, 0.15) is 0 Å². The lowest BCUT2D eigenvalue weighted by Gasteiger charge is -2.03. The van der Waals surface area contributed by atoms with Crippen LogP contribution < -0.4 is 4.72 Å². The molecular formula is C7H11NS. The van der Waals surface area contributed by atoms with Crippen molar-refractivity contribution in [2.24, 2.45) is 0 Å². The zero-order valence-electron chi connectivity index (χ0n) is 5.55. The summed E-state index contributed by atoms with van der Waals surface area (Å²) in [5.74, 6) is 0. The van der Waals surface area contributed by atoms with E-state index in [4.69, 9.17) is 0 Å². The van der Waals surface area contributed by atoms with Crippen molar-refractivity contribution in [3.63, 3.8) is 0 Å². The standard InChI is InChI=1S/C7H11NS/c1-8-9-7-5-3-2-4-6-7/h3,5-6,8H,2,4H2,1H3. The lowest BCUT2D eigenvalue weighted by atomic mass is 10.2. The first kappa shape index (κ1) is 6.90. The van der Waals surface area contributed by atoms with Crippen molar-refractivity contribution < 1.29 is 0 Å². The van der Waals surface area contributed by atoms with Crippen molar-refractivity contribution in [3.05, 3.63) is 23.1 Å². The van der Waals surface area contributed by atoms with Crippen LogP contribution in [0.5, 0.6) is 0 Å². The van der Waals surface area contributed by atoms with E-state index in [0.29, 0.717) is 0 Å². The van der Waals surface area contributed by atoms with Crippen LogP contribution in [0.3, 0.4) is 0 Å². The number of allylic oxidation sites excluding steroid dienone is 3. The third-order valence-corrected chi connectivity index (χ3v) is 1.92. The number of hydrogen-bond acceptors (Lipinski definition) is 2. The van der Waals surface area contributed by atoms with Crippen molar-refractivity contribution in [2.75, 3.05) is 7.05 Å². The van der Waals surface area contributed by atoms with E-state index in [0.717, 1.165) is 0 Å². The second-order valence-corrected chi connectivity index (χ2v) is 2.98. The molecule has 1 rings (SSSR count). The van der Waals surface area contributed by atoms with Crippen LogP contribution in [-0.2, 0) is 0 Å². The minimum Gasteiger partial charge on any atom is -0.263 e. The van der Waals surface area contributed by atoms with E-state index < -0.39 is 0 Å². The summed E-state index contributed by atoms with van der Waals surface area (Å²) in [6, 6.07) is 0. The van der Waals surface area contributed by atoms with Crippen molar-refractivity contribution in [1.82, 2.24) is 4.72 Å². The monoisotopic (exact) mass is 141 g/mol. The summed E-state index contributed by atoms with van der Waals surface area (Å²) >= 11 is 1.68. The van der Waals surface area contributed by atoms with Crippen LogP contribution in [0.1, 0.15) is 12.8 Å². The summed E-state index contributed by atoms with van der Waals surface area (Å²) in [6.07, 6.45) is 9.01. The van der Waals surface area contributed by atoms with Crippen LogP contribution in [-0.4, -0.2) is 7.05 Å². The van der Waals surface area contributed by atoms with Gasteiger partial charge in [0.25, 0.3) is 0 Å². The van der Waals surface area contributed by atoms with Crippen LogP contribution in [0, 0.1) is 0 Å². The third-order valence-electron chi connectivity index (χ3n) is 1.18. The van der Waals surface area contributed by atoms with Crippen LogP contribution in [0.25, 0.3) is 0 Å². The van der Waals surface area contributed by atoms with Gasteiger partial charge in [-0.3, -0.25) is 4.72 Å². The van der Waals surface area contributed by atoms with Gasteiger partial charge in [-0.05, 0) is 31.8 Å². The van der Waals surface area contributed by atoms with Gasteiger partial charge in [-0.1, -0.05) is 18.2 Å². The van der Waals surface area contributed by atoms with Gasteiger partial charge in [0.2, 0.25) is 0 Å². The predicted molar refractivity (Wildman–Crippen MR) is 43.1 cm³/mol. The summed E-state index contributed by atoms with van der Waals surface area (Å²) in [5.41, 5.74) is 0. The predicted octanol–water partition coefficient (Wildman–Crippen LogP) is 2.09. The molecule has 1 aliphatic rings. The van der Waals surface area contributed by atoms with Gasteiger partial charge in [-0.2, -0.15) is 0 Å². The van der Waals surface area contributed by atoms with Crippen LogP contribution in [0.4, 0.5) is 0 Å². The minimum atomic E-state index is 1.19. The molecule has 0 fully saturated rings. The Kier molecular flexibility index (Phi) is 2.87. The van der Waals surface area contributed by atoms with E-state index in [-0.39, 0.29) is 0 Å². The molecule has 0 aromatic heterocycles. The first-order chi connectivity index (χ1) is 4.43. The molecule has 0 unspecified atom stereocenters. The second-order valence-electron chi connectivity index (χ2n) is 1.89. The fraction of sp³-hybridized carbons (Fsp3) is 0.429. The van der Waals surface area contributed by atoms with Gasteiger partial charge in [-0.15, -0.1) is 0 Å². The minimum absolute atomic E-state index is 1.19. The maximum Gasteiger partial charge on any atom is 0.0185 e. The number of rotatable bonds is 2. The van der Waals surface area contributed by atoms with E-state index in [2.05, 4.69) is 23.0 Å². The first-order valence-corrected chi connectivity index (χ1v) is 3.95. The molecule has 0 aromatic carbocycles. The molecule has 0 aliphatic heterocycles. The normalized spacial score (nSPS) is 17.7. The van der Waals surface area contributed by atoms with E-state index in [1.807, 2.05) is 7.05 Å². The topological polar surface area (TPSA) is 12.0 Å². The van der Waals surface area contributed by atoms with Gasteiger partial charge in [-0.25, -0.2) is 0 Å². The maximum atomic E-state index is 3.03. The quantitative estimate of drug-likeness (QED) is 0.591. The Morgan fingerprint density at radius 1 is 1.56 bits per heavy atom. The van der Waals surface area contributed by atoms with E-state index in [9.17, 15) is 0 Å². The Morgan fingerprint density at radius 2 is 2.44 bits per heavy atom. The molecular weight excluding hydrogens is 130 g/mol. The van der Waals surface area contributed by atoms with Crippen molar-refractivity contribution in [1.29, 1.82) is 0 Å². The van der Waals surface area contributed by atoms with Gasteiger partial charge < -0.3 is 0 Å². The highest BCUT2D eigenvalue weighted by Gasteiger charge is 1.94. The summed E-state index contributed by atoms with van der Waals surface area (Å²) in [4.78, 5) is 1.34. The van der Waals surface area contributed by atoms with E-state index in [1.165, 1.54) is 17.7 Å². The van der Waals surface area contributed by atoms with Crippen molar-refractivity contribution in [3.8, 4) is 0 Å². The molecule has 0 heterocycles. The van der Waals surface area contributed by atoms with Crippen LogP contribution in [0.15, 0.2) is 23.1 Å². The van der Waals surface area contributed by atoms with Crippen molar-refractivity contribution >= 4 is 11.9 Å². The molecule has 1 nitrogen and oxygen atoms in total. The molecule has 9 heavy (non-hydrogen) atoms. The Balaban J connectivity index is 2.38. The van der Waals surface area contributed by atoms with Crippen molar-refractivity contribution in [2.45, 2.75) is 12.8 Å². The average Bonchev–Trinajstić information content (AvgIpc) is 1.91. The zero-order valence-corrected chi connectivity index (χ0v) is 6.37. The largest absolute Gasteiger partial charge is 0.263 e. The maximum absolute atomic E-state index is 3.03. The zero-order chi connectivity index (χ0) is 6.53. The molecule has 0 amide bonds. The van der Waals surface area contributed by atoms with Crippen LogP contribution in [0.2, 0.25) is 0 Å². The first-order valence-electron chi connectivity index (χ1n) is 3.14.